The van der Waals surface area contributed by atoms with Crippen molar-refractivity contribution in [3.05, 3.63) is 107 Å². The normalized spacial score (nSPS) is 13.4. The van der Waals surface area contributed by atoms with Gasteiger partial charge in [-0.3, -0.25) is 12.2 Å². The van der Waals surface area contributed by atoms with Crippen molar-refractivity contribution < 1.29 is 48.1 Å². The van der Waals surface area contributed by atoms with Gasteiger partial charge < -0.3 is 24.8 Å². The van der Waals surface area contributed by atoms with Gasteiger partial charge in [-0.15, -0.1) is 24.0 Å². The molecule has 0 N–H and O–H groups in total. The zero-order valence-corrected chi connectivity index (χ0v) is 24.5. The third-order valence-corrected chi connectivity index (χ3v) is 4.76. The standard InChI is InChI=1S/2C13H13.C2H6Si.2ClH.Zr/c2*1-2-11-8-9-13(10-11)12-6-4-3-5-7-12;1-3-2;;;/h2*3-7,10H,2,9H2,1H3;1-2H3;2*1H;/q2*-1;;;;+2/p-2. The Bertz CT molecular complexity index is 864. The Hall–Kier alpha value is -0.920. The van der Waals surface area contributed by atoms with Crippen LogP contribution >= 0.6 is 0 Å². The minimum atomic E-state index is 0. The molecule has 2 aliphatic rings. The quantitative estimate of drug-likeness (QED) is 0.398. The van der Waals surface area contributed by atoms with E-state index in [2.05, 4.69) is 112 Å². The minimum absolute atomic E-state index is 0. The fraction of sp³-hybridized carbons (Fsp3) is 0.286. The van der Waals surface area contributed by atoms with Gasteiger partial charge in [0.1, 0.15) is 0 Å². The predicted octanol–water partition coefficient (Wildman–Crippen LogP) is 2.02. The molecule has 4 rings (SSSR count). The molecule has 0 bridgehead atoms. The van der Waals surface area contributed by atoms with Gasteiger partial charge >= 0.3 is 41.9 Å². The maximum Gasteiger partial charge on any atom is -1.00 e. The second kappa shape index (κ2) is 17.5. The summed E-state index contributed by atoms with van der Waals surface area (Å²) in [6.45, 7) is 8.96. The Morgan fingerprint density at radius 1 is 0.688 bits per heavy atom. The second-order valence-electron chi connectivity index (χ2n) is 7.54. The summed E-state index contributed by atoms with van der Waals surface area (Å²) in [5.74, 6) is 0. The van der Waals surface area contributed by atoms with Crippen LogP contribution in [0.25, 0.3) is 11.1 Å². The van der Waals surface area contributed by atoms with Crippen LogP contribution < -0.4 is 24.8 Å². The third-order valence-electron chi connectivity index (χ3n) is 4.76. The summed E-state index contributed by atoms with van der Waals surface area (Å²) in [5.41, 5.74) is 8.37. The fourth-order valence-electron chi connectivity index (χ4n) is 3.17. The summed E-state index contributed by atoms with van der Waals surface area (Å²) >= 11 is 1.74. The topological polar surface area (TPSA) is 0 Å². The van der Waals surface area contributed by atoms with Gasteiger partial charge in [0.15, 0.2) is 0 Å². The van der Waals surface area contributed by atoms with Gasteiger partial charge in [0.25, 0.3) is 0 Å². The molecule has 2 aliphatic carbocycles. The van der Waals surface area contributed by atoms with Gasteiger partial charge in [-0.05, 0) is 11.1 Å². The van der Waals surface area contributed by atoms with Gasteiger partial charge in [0, 0.05) is 0 Å². The van der Waals surface area contributed by atoms with Gasteiger partial charge in [-0.25, -0.2) is 23.3 Å². The van der Waals surface area contributed by atoms with Gasteiger partial charge in [0.05, 0.1) is 0 Å². The first-order valence-electron chi connectivity index (χ1n) is 10.8. The molecule has 0 fully saturated rings. The van der Waals surface area contributed by atoms with Gasteiger partial charge in [-0.2, -0.15) is 0 Å². The third kappa shape index (κ3) is 11.3. The van der Waals surface area contributed by atoms with E-state index in [9.17, 15) is 0 Å². The van der Waals surface area contributed by atoms with Crippen LogP contribution in [0.3, 0.4) is 0 Å². The molecule has 0 atom stereocenters. The zero-order valence-electron chi connectivity index (χ0n) is 19.5. The van der Waals surface area contributed by atoms with Crippen LogP contribution in [-0.2, 0) is 23.3 Å². The molecule has 0 aliphatic heterocycles. The van der Waals surface area contributed by atoms with Crippen molar-refractivity contribution in [1.29, 1.82) is 0 Å². The van der Waals surface area contributed by atoms with Crippen LogP contribution in [0, 0.1) is 12.2 Å². The monoisotopic (exact) mass is 556 g/mol. The molecule has 32 heavy (non-hydrogen) atoms. The largest absolute Gasteiger partial charge is 1.00 e. The summed E-state index contributed by atoms with van der Waals surface area (Å²) in [4.78, 5) is 0. The molecule has 0 heterocycles. The van der Waals surface area contributed by atoms with Gasteiger partial charge in [-0.1, -0.05) is 87.4 Å². The van der Waals surface area contributed by atoms with E-state index >= 15 is 0 Å². The first-order chi connectivity index (χ1) is 14.5. The average Bonchev–Trinajstić information content (AvgIpc) is 3.45. The first-order valence-corrected chi connectivity index (χ1v) is 16.9. The molecule has 168 valence electrons. The molecule has 0 aromatic heterocycles. The van der Waals surface area contributed by atoms with Crippen molar-refractivity contribution in [2.45, 2.75) is 52.6 Å². The van der Waals surface area contributed by atoms with E-state index < -0.39 is 0 Å². The molecule has 2 aromatic carbocycles. The Labute approximate surface area is 223 Å². The van der Waals surface area contributed by atoms with Crippen LogP contribution in [0.1, 0.15) is 50.7 Å². The summed E-state index contributed by atoms with van der Waals surface area (Å²) in [6.07, 6.45) is 15.4. The van der Waals surface area contributed by atoms with E-state index in [1.165, 1.54) is 33.4 Å². The molecule has 2 aromatic rings. The van der Waals surface area contributed by atoms with E-state index in [0.29, 0.717) is 0 Å². The van der Waals surface area contributed by atoms with E-state index in [1.54, 1.807) is 23.3 Å². The molecule has 0 saturated carbocycles. The van der Waals surface area contributed by atoms with Crippen molar-refractivity contribution in [3.63, 3.8) is 0 Å². The fourth-order valence-corrected chi connectivity index (χ4v) is 3.17. The van der Waals surface area contributed by atoms with Crippen LogP contribution in [0.5, 0.6) is 0 Å². The zero-order chi connectivity index (χ0) is 21.8. The predicted molar refractivity (Wildman–Crippen MR) is 130 cm³/mol. The number of benzene rings is 2. The van der Waals surface area contributed by atoms with Crippen LogP contribution in [0.4, 0.5) is 0 Å². The van der Waals surface area contributed by atoms with Crippen LogP contribution in [-0.4, -0.2) is 5.43 Å². The molecular formula is C28H32Cl2SiZr-2. The molecule has 0 radical (unpaired) electrons. The maximum absolute atomic E-state index is 3.38. The Morgan fingerprint density at radius 2 is 1.00 bits per heavy atom. The van der Waals surface area contributed by atoms with Crippen LogP contribution in [0.2, 0.25) is 13.1 Å². The second-order valence-corrected chi connectivity index (χ2v) is 16.9. The molecule has 0 spiro atoms. The molecule has 0 unspecified atom stereocenters. The first kappa shape index (κ1) is 31.1. The van der Waals surface area contributed by atoms with Gasteiger partial charge in [0.2, 0.25) is 0 Å². The Balaban J connectivity index is 0.000000490. The number of hydrogen-bond donors (Lipinski definition) is 0. The molecular weight excluding hydrogens is 527 g/mol. The summed E-state index contributed by atoms with van der Waals surface area (Å²) in [6, 6.07) is 21.1. The molecule has 0 amide bonds. The van der Waals surface area contributed by atoms with Crippen molar-refractivity contribution in [1.82, 2.24) is 0 Å². The van der Waals surface area contributed by atoms with E-state index in [-0.39, 0.29) is 30.2 Å². The minimum Gasteiger partial charge on any atom is -1.00 e. The number of allylic oxidation sites excluding steroid dienone is 8. The smallest absolute Gasteiger partial charge is 1.00 e. The molecule has 0 nitrogen and oxygen atoms in total. The van der Waals surface area contributed by atoms with E-state index in [1.807, 2.05) is 0 Å². The summed E-state index contributed by atoms with van der Waals surface area (Å²) < 4.78 is 0. The SMILES string of the molecule is CCC1=[C-]CC(c2ccccc2)=C1.CCC1=[C-]CC(c2ccccc2)=C1.C[Si](C)=[Zr+2].[Cl-].[Cl-]. The number of halogens is 2. The Kier molecular flexibility index (Phi) is 17.0. The number of rotatable bonds is 4. The maximum atomic E-state index is 3.38. The molecule has 0 saturated heterocycles. The van der Waals surface area contributed by atoms with Crippen molar-refractivity contribution >= 4 is 16.6 Å². The average molecular weight is 559 g/mol. The summed E-state index contributed by atoms with van der Waals surface area (Å²) in [5, 5.41) is 0. The van der Waals surface area contributed by atoms with Crippen molar-refractivity contribution in [2.75, 3.05) is 0 Å². The van der Waals surface area contributed by atoms with Crippen molar-refractivity contribution in [3.8, 4) is 0 Å². The van der Waals surface area contributed by atoms with E-state index in [0.717, 1.165) is 25.7 Å². The summed E-state index contributed by atoms with van der Waals surface area (Å²) in [7, 11) is 0. The van der Waals surface area contributed by atoms with Crippen molar-refractivity contribution in [2.24, 2.45) is 0 Å². The number of hydrogen-bond acceptors (Lipinski definition) is 0. The molecule has 4 heteroatoms. The Morgan fingerprint density at radius 3 is 1.25 bits per heavy atom. The van der Waals surface area contributed by atoms with Crippen LogP contribution in [0.15, 0.2) is 84.0 Å². The van der Waals surface area contributed by atoms with E-state index in [4.69, 9.17) is 0 Å².